The summed E-state index contributed by atoms with van der Waals surface area (Å²) in [6.07, 6.45) is 1.70. The molecule has 3 rings (SSSR count). The second-order valence-electron chi connectivity index (χ2n) is 5.78. The molecule has 1 aliphatic heterocycles. The normalized spacial score (nSPS) is 16.1. The molecule has 0 saturated heterocycles. The van der Waals surface area contributed by atoms with Crippen molar-refractivity contribution in [2.75, 3.05) is 12.3 Å². The topological polar surface area (TPSA) is 58.2 Å². The number of hydrogen-bond acceptors (Lipinski definition) is 4. The standard InChI is InChI=1S/C18H19FN2O2S2/c19-12-5-6-15-13(11-12)14(7-10-25-15)21-17(22)4-1-8-20-18(23)16-3-2-9-24-16/h2-3,5-6,9,11,14H,1,4,7-8,10H2,(H,20,23)(H,21,22). The monoisotopic (exact) mass is 378 g/mol. The predicted molar refractivity (Wildman–Crippen MR) is 98.5 cm³/mol. The van der Waals surface area contributed by atoms with Gasteiger partial charge in [-0.25, -0.2) is 4.39 Å². The number of halogens is 1. The van der Waals surface area contributed by atoms with Crippen LogP contribution in [0.25, 0.3) is 0 Å². The highest BCUT2D eigenvalue weighted by Gasteiger charge is 2.22. The highest BCUT2D eigenvalue weighted by Crippen LogP contribution is 2.36. The molecule has 0 spiro atoms. The molecule has 0 bridgehead atoms. The number of benzene rings is 1. The lowest BCUT2D eigenvalue weighted by molar-refractivity contribution is -0.122. The van der Waals surface area contributed by atoms with Gasteiger partial charge < -0.3 is 10.6 Å². The maximum atomic E-state index is 13.5. The molecule has 4 nitrogen and oxygen atoms in total. The maximum absolute atomic E-state index is 13.5. The molecular weight excluding hydrogens is 359 g/mol. The Balaban J connectivity index is 1.44. The van der Waals surface area contributed by atoms with E-state index in [9.17, 15) is 14.0 Å². The van der Waals surface area contributed by atoms with Crippen LogP contribution in [0, 0.1) is 5.82 Å². The van der Waals surface area contributed by atoms with Gasteiger partial charge in [-0.2, -0.15) is 0 Å². The fourth-order valence-electron chi connectivity index (χ4n) is 2.73. The van der Waals surface area contributed by atoms with E-state index in [0.29, 0.717) is 24.3 Å². The Morgan fingerprint density at radius 3 is 2.96 bits per heavy atom. The Kier molecular flexibility index (Phi) is 6.09. The minimum absolute atomic E-state index is 0.0718. The third-order valence-corrected chi connectivity index (χ3v) is 5.95. The first-order chi connectivity index (χ1) is 12.1. The van der Waals surface area contributed by atoms with Crippen molar-refractivity contribution in [2.45, 2.75) is 30.2 Å². The van der Waals surface area contributed by atoms with E-state index in [4.69, 9.17) is 0 Å². The molecule has 1 unspecified atom stereocenters. The van der Waals surface area contributed by atoms with Gasteiger partial charge in [0.25, 0.3) is 5.91 Å². The van der Waals surface area contributed by atoms with Crippen LogP contribution >= 0.6 is 23.1 Å². The molecule has 2 N–H and O–H groups in total. The molecule has 2 amide bonds. The number of nitrogens with one attached hydrogen (secondary N) is 2. The molecule has 0 aliphatic carbocycles. The molecule has 1 aliphatic rings. The quantitative estimate of drug-likeness (QED) is 0.753. The lowest BCUT2D eigenvalue weighted by atomic mass is 10.0. The first-order valence-electron chi connectivity index (χ1n) is 8.17. The Hall–Kier alpha value is -1.86. The molecule has 1 aromatic carbocycles. The number of carbonyl (C=O) groups is 2. The Bertz CT molecular complexity index is 750. The van der Waals surface area contributed by atoms with Gasteiger partial charge in [0.05, 0.1) is 10.9 Å². The van der Waals surface area contributed by atoms with Crippen molar-refractivity contribution in [2.24, 2.45) is 0 Å². The number of rotatable bonds is 6. The number of hydrogen-bond donors (Lipinski definition) is 2. The summed E-state index contributed by atoms with van der Waals surface area (Å²) in [5.74, 6) is 0.443. The van der Waals surface area contributed by atoms with Crippen LogP contribution in [0.3, 0.4) is 0 Å². The number of thioether (sulfide) groups is 1. The molecule has 132 valence electrons. The second-order valence-corrected chi connectivity index (χ2v) is 7.86. The fraction of sp³-hybridized carbons (Fsp3) is 0.333. The van der Waals surface area contributed by atoms with E-state index in [1.807, 2.05) is 11.4 Å². The van der Waals surface area contributed by atoms with Gasteiger partial charge in [-0.3, -0.25) is 9.59 Å². The van der Waals surface area contributed by atoms with Crippen molar-refractivity contribution >= 4 is 34.9 Å². The van der Waals surface area contributed by atoms with Gasteiger partial charge in [-0.1, -0.05) is 6.07 Å². The first kappa shape index (κ1) is 17.9. The van der Waals surface area contributed by atoms with Gasteiger partial charge in [0.15, 0.2) is 0 Å². The summed E-state index contributed by atoms with van der Waals surface area (Å²) >= 11 is 3.08. The lowest BCUT2D eigenvalue weighted by Gasteiger charge is -2.26. The van der Waals surface area contributed by atoms with Crippen molar-refractivity contribution in [3.8, 4) is 0 Å². The van der Waals surface area contributed by atoms with Crippen LogP contribution in [0.15, 0.2) is 40.6 Å². The minimum Gasteiger partial charge on any atom is -0.351 e. The summed E-state index contributed by atoms with van der Waals surface area (Å²) < 4.78 is 13.5. The molecule has 2 aromatic rings. The van der Waals surface area contributed by atoms with Crippen molar-refractivity contribution in [1.82, 2.24) is 10.6 Å². The largest absolute Gasteiger partial charge is 0.351 e. The molecule has 0 fully saturated rings. The van der Waals surface area contributed by atoms with E-state index in [0.717, 1.165) is 22.6 Å². The van der Waals surface area contributed by atoms with Crippen LogP contribution in [0.5, 0.6) is 0 Å². The van der Waals surface area contributed by atoms with Gasteiger partial charge in [-0.15, -0.1) is 23.1 Å². The fourth-order valence-corrected chi connectivity index (χ4v) is 4.47. The predicted octanol–water partition coefficient (Wildman–Crippen LogP) is 3.75. The summed E-state index contributed by atoms with van der Waals surface area (Å²) in [5.41, 5.74) is 0.857. The van der Waals surface area contributed by atoms with Crippen molar-refractivity contribution in [3.05, 3.63) is 52.0 Å². The Morgan fingerprint density at radius 2 is 2.16 bits per heavy atom. The van der Waals surface area contributed by atoms with Crippen LogP contribution in [0.4, 0.5) is 4.39 Å². The van der Waals surface area contributed by atoms with E-state index in [2.05, 4.69) is 10.6 Å². The van der Waals surface area contributed by atoms with Crippen molar-refractivity contribution in [1.29, 1.82) is 0 Å². The first-order valence-corrected chi connectivity index (χ1v) is 10.0. The van der Waals surface area contributed by atoms with Crippen LogP contribution in [0.1, 0.15) is 40.5 Å². The molecule has 1 atom stereocenters. The molecule has 1 aromatic heterocycles. The van der Waals surface area contributed by atoms with E-state index < -0.39 is 0 Å². The van der Waals surface area contributed by atoms with Gasteiger partial charge in [0.1, 0.15) is 5.82 Å². The molecular formula is C18H19FN2O2S2. The molecule has 0 radical (unpaired) electrons. The van der Waals surface area contributed by atoms with Crippen LogP contribution < -0.4 is 10.6 Å². The zero-order valence-corrected chi connectivity index (χ0v) is 15.2. The van der Waals surface area contributed by atoms with Crippen LogP contribution in [-0.2, 0) is 4.79 Å². The molecule has 25 heavy (non-hydrogen) atoms. The SMILES string of the molecule is O=C(CCCNC(=O)c1cccs1)NC1CCSc2ccc(F)cc21. The van der Waals surface area contributed by atoms with E-state index in [-0.39, 0.29) is 23.7 Å². The highest BCUT2D eigenvalue weighted by molar-refractivity contribution is 7.99. The summed E-state index contributed by atoms with van der Waals surface area (Å²) in [7, 11) is 0. The minimum atomic E-state index is -0.281. The average molecular weight is 378 g/mol. The summed E-state index contributed by atoms with van der Waals surface area (Å²) in [4.78, 5) is 25.7. The van der Waals surface area contributed by atoms with E-state index >= 15 is 0 Å². The summed E-state index contributed by atoms with van der Waals surface area (Å²) in [6, 6.07) is 8.19. The molecule has 7 heteroatoms. The Labute approximate surface area is 154 Å². The second kappa shape index (κ2) is 8.49. The van der Waals surface area contributed by atoms with Crippen LogP contribution in [0.2, 0.25) is 0 Å². The number of thiophene rings is 1. The Morgan fingerprint density at radius 1 is 1.28 bits per heavy atom. The van der Waals surface area contributed by atoms with Gasteiger partial charge in [-0.05, 0) is 48.1 Å². The smallest absolute Gasteiger partial charge is 0.261 e. The highest BCUT2D eigenvalue weighted by atomic mass is 32.2. The van der Waals surface area contributed by atoms with Gasteiger partial charge in [0.2, 0.25) is 5.91 Å². The zero-order chi connectivity index (χ0) is 17.6. The third kappa shape index (κ3) is 4.83. The number of fused-ring (bicyclic) bond motifs is 1. The van der Waals surface area contributed by atoms with E-state index in [1.54, 1.807) is 23.9 Å². The number of carbonyl (C=O) groups excluding carboxylic acids is 2. The van der Waals surface area contributed by atoms with Crippen molar-refractivity contribution < 1.29 is 14.0 Å². The molecule has 0 saturated carbocycles. The summed E-state index contributed by atoms with van der Waals surface area (Å²) in [5, 5.41) is 7.65. The zero-order valence-electron chi connectivity index (χ0n) is 13.6. The number of amides is 2. The average Bonchev–Trinajstić information content (AvgIpc) is 3.14. The van der Waals surface area contributed by atoms with Gasteiger partial charge >= 0.3 is 0 Å². The lowest BCUT2D eigenvalue weighted by Crippen LogP contribution is -2.31. The van der Waals surface area contributed by atoms with Crippen LogP contribution in [-0.4, -0.2) is 24.1 Å². The van der Waals surface area contributed by atoms with E-state index in [1.165, 1.54) is 23.5 Å². The molecule has 2 heterocycles. The van der Waals surface area contributed by atoms with Gasteiger partial charge in [0, 0.05) is 23.6 Å². The van der Waals surface area contributed by atoms with Crippen molar-refractivity contribution in [3.63, 3.8) is 0 Å². The third-order valence-electron chi connectivity index (χ3n) is 3.96. The summed E-state index contributed by atoms with van der Waals surface area (Å²) in [6.45, 7) is 0.454. The maximum Gasteiger partial charge on any atom is 0.261 e.